The van der Waals surface area contributed by atoms with E-state index in [4.69, 9.17) is 10.8 Å². The highest BCUT2D eigenvalue weighted by Crippen LogP contribution is 2.21. The number of nitrogens with zero attached hydrogens (tertiary/aromatic N) is 2. The van der Waals surface area contributed by atoms with Gasteiger partial charge in [0.1, 0.15) is 30.2 Å². The van der Waals surface area contributed by atoms with Crippen molar-refractivity contribution in [2.75, 3.05) is 26.3 Å². The predicted molar refractivity (Wildman–Crippen MR) is 123 cm³/mol. The lowest BCUT2D eigenvalue weighted by atomic mass is 10.0. The second-order valence-corrected chi connectivity index (χ2v) is 9.44. The molecule has 2 fully saturated rings. The molecule has 0 aromatic carbocycles. The quantitative estimate of drug-likeness (QED) is 0.176. The molecule has 0 spiro atoms. The van der Waals surface area contributed by atoms with Crippen molar-refractivity contribution in [3.05, 3.63) is 0 Å². The van der Waals surface area contributed by atoms with Gasteiger partial charge in [0.05, 0.1) is 13.2 Å². The summed E-state index contributed by atoms with van der Waals surface area (Å²) in [4.78, 5) is 65.2. The van der Waals surface area contributed by atoms with E-state index < -0.39 is 73.0 Å². The van der Waals surface area contributed by atoms with Crippen molar-refractivity contribution < 1.29 is 39.3 Å². The van der Waals surface area contributed by atoms with Crippen LogP contribution in [0.2, 0.25) is 0 Å². The molecule has 2 rings (SSSR count). The lowest BCUT2D eigenvalue weighted by Gasteiger charge is -2.30. The molecule has 2 heterocycles. The van der Waals surface area contributed by atoms with E-state index in [0.717, 1.165) is 0 Å². The molecule has 0 aromatic rings. The first-order valence-electron chi connectivity index (χ1n) is 11.9. The molecule has 4 amide bonds. The molecule has 35 heavy (non-hydrogen) atoms. The number of nitrogens with one attached hydrogen (secondary N) is 2. The molecule has 0 aliphatic carbocycles. The number of amides is 4. The van der Waals surface area contributed by atoms with Crippen LogP contribution in [0.4, 0.5) is 0 Å². The summed E-state index contributed by atoms with van der Waals surface area (Å²) in [6.07, 6.45) is 1.97. The van der Waals surface area contributed by atoms with E-state index in [9.17, 15) is 34.2 Å². The average molecular weight is 500 g/mol. The van der Waals surface area contributed by atoms with Gasteiger partial charge in [0.2, 0.25) is 23.6 Å². The first-order valence-corrected chi connectivity index (χ1v) is 11.9. The SMILES string of the molecule is CC(C)C[C@H](NC(=O)[C@H](CO)NC(=O)[C@@H]1CCCN1C(=O)[C@@H](N)CO)C(=O)N1CCC[C@H]1C(=O)O. The zero-order valence-corrected chi connectivity index (χ0v) is 20.2. The van der Waals surface area contributed by atoms with Crippen LogP contribution in [0.15, 0.2) is 0 Å². The van der Waals surface area contributed by atoms with Crippen molar-refractivity contribution in [3.8, 4) is 0 Å². The summed E-state index contributed by atoms with van der Waals surface area (Å²) in [5.41, 5.74) is 5.59. The zero-order chi connectivity index (χ0) is 26.3. The van der Waals surface area contributed by atoms with Gasteiger partial charge in [-0.3, -0.25) is 19.2 Å². The summed E-state index contributed by atoms with van der Waals surface area (Å²) in [7, 11) is 0. The van der Waals surface area contributed by atoms with E-state index in [0.29, 0.717) is 25.7 Å². The van der Waals surface area contributed by atoms with Crippen molar-refractivity contribution in [3.63, 3.8) is 0 Å². The molecule has 5 atom stereocenters. The first-order chi connectivity index (χ1) is 16.5. The van der Waals surface area contributed by atoms with Gasteiger partial charge in [-0.2, -0.15) is 0 Å². The van der Waals surface area contributed by atoms with E-state index in [1.54, 1.807) is 0 Å². The summed E-state index contributed by atoms with van der Waals surface area (Å²) in [5, 5.41) is 33.3. The number of carbonyl (C=O) groups excluding carboxylic acids is 4. The molecular formula is C22H37N5O8. The van der Waals surface area contributed by atoms with Crippen LogP contribution in [0.25, 0.3) is 0 Å². The third kappa shape index (κ3) is 7.12. The number of carbonyl (C=O) groups is 5. The number of hydrogen-bond acceptors (Lipinski definition) is 8. The smallest absolute Gasteiger partial charge is 0.326 e. The highest BCUT2D eigenvalue weighted by Gasteiger charge is 2.40. The van der Waals surface area contributed by atoms with Crippen LogP contribution < -0.4 is 16.4 Å². The summed E-state index contributed by atoms with van der Waals surface area (Å²) in [5.74, 6) is -3.68. The van der Waals surface area contributed by atoms with Gasteiger partial charge in [0.25, 0.3) is 0 Å². The van der Waals surface area contributed by atoms with Crippen LogP contribution in [0.3, 0.4) is 0 Å². The molecule has 13 nitrogen and oxygen atoms in total. The Hall–Kier alpha value is -2.77. The van der Waals surface area contributed by atoms with Gasteiger partial charge in [-0.1, -0.05) is 13.8 Å². The molecule has 198 valence electrons. The Morgan fingerprint density at radius 1 is 0.886 bits per heavy atom. The molecule has 0 radical (unpaired) electrons. The predicted octanol–water partition coefficient (Wildman–Crippen LogP) is -2.62. The molecule has 0 aromatic heterocycles. The first kappa shape index (κ1) is 28.5. The Bertz CT molecular complexity index is 807. The molecule has 0 bridgehead atoms. The number of likely N-dealkylation sites (tertiary alicyclic amines) is 2. The lowest BCUT2D eigenvalue weighted by Crippen LogP contribution is -2.59. The van der Waals surface area contributed by atoms with Crippen LogP contribution >= 0.6 is 0 Å². The topological polar surface area (TPSA) is 203 Å². The fourth-order valence-electron chi connectivity index (χ4n) is 4.51. The summed E-state index contributed by atoms with van der Waals surface area (Å²) >= 11 is 0. The molecule has 0 saturated carbocycles. The molecule has 2 aliphatic heterocycles. The number of nitrogens with two attached hydrogens (primary N) is 1. The number of carboxylic acid groups (broad SMARTS) is 1. The van der Waals surface area contributed by atoms with Gasteiger partial charge in [-0.05, 0) is 38.0 Å². The minimum atomic E-state index is -1.39. The molecule has 2 aliphatic rings. The Kier molecular flexibility index (Phi) is 10.4. The number of rotatable bonds is 11. The highest BCUT2D eigenvalue weighted by molar-refractivity contribution is 5.95. The van der Waals surface area contributed by atoms with Crippen LogP contribution in [-0.4, -0.2) is 111 Å². The van der Waals surface area contributed by atoms with Gasteiger partial charge >= 0.3 is 5.97 Å². The van der Waals surface area contributed by atoms with Crippen molar-refractivity contribution in [2.24, 2.45) is 11.7 Å². The number of carboxylic acids is 1. The molecule has 0 unspecified atom stereocenters. The average Bonchev–Trinajstić information content (AvgIpc) is 3.50. The normalized spacial score (nSPS) is 22.6. The maximum atomic E-state index is 13.1. The van der Waals surface area contributed by atoms with E-state index >= 15 is 0 Å². The van der Waals surface area contributed by atoms with Gasteiger partial charge in [-0.25, -0.2) is 4.79 Å². The fraction of sp³-hybridized carbons (Fsp3) is 0.773. The molecule has 13 heteroatoms. The van der Waals surface area contributed by atoms with Gasteiger partial charge in [-0.15, -0.1) is 0 Å². The molecular weight excluding hydrogens is 462 g/mol. The van der Waals surface area contributed by atoms with E-state index in [2.05, 4.69) is 10.6 Å². The van der Waals surface area contributed by atoms with E-state index in [1.165, 1.54) is 9.80 Å². The Balaban J connectivity index is 2.09. The van der Waals surface area contributed by atoms with Crippen molar-refractivity contribution in [2.45, 2.75) is 76.2 Å². The van der Waals surface area contributed by atoms with Crippen LogP contribution in [0.1, 0.15) is 46.0 Å². The van der Waals surface area contributed by atoms with E-state index in [1.807, 2.05) is 13.8 Å². The number of aliphatic hydroxyl groups excluding tert-OH is 2. The van der Waals surface area contributed by atoms with Crippen LogP contribution in [0.5, 0.6) is 0 Å². The Morgan fingerprint density at radius 3 is 1.97 bits per heavy atom. The largest absolute Gasteiger partial charge is 0.480 e. The van der Waals surface area contributed by atoms with Gasteiger partial charge in [0, 0.05) is 13.1 Å². The second kappa shape index (κ2) is 12.8. The van der Waals surface area contributed by atoms with Crippen molar-refractivity contribution >= 4 is 29.6 Å². The lowest BCUT2D eigenvalue weighted by molar-refractivity contribution is -0.149. The third-order valence-electron chi connectivity index (χ3n) is 6.31. The minimum Gasteiger partial charge on any atom is -0.480 e. The Labute approximate surface area is 204 Å². The van der Waals surface area contributed by atoms with E-state index in [-0.39, 0.29) is 25.4 Å². The third-order valence-corrected chi connectivity index (χ3v) is 6.31. The van der Waals surface area contributed by atoms with Gasteiger partial charge in [0.15, 0.2) is 0 Å². The minimum absolute atomic E-state index is 0.00825. The van der Waals surface area contributed by atoms with Crippen LogP contribution in [-0.2, 0) is 24.0 Å². The van der Waals surface area contributed by atoms with Crippen molar-refractivity contribution in [1.29, 1.82) is 0 Å². The number of hydrogen-bond donors (Lipinski definition) is 6. The zero-order valence-electron chi connectivity index (χ0n) is 20.2. The number of aliphatic carboxylic acids is 1. The number of aliphatic hydroxyl groups is 2. The Morgan fingerprint density at radius 2 is 1.46 bits per heavy atom. The van der Waals surface area contributed by atoms with Gasteiger partial charge < -0.3 is 41.5 Å². The summed E-state index contributed by atoms with van der Waals surface area (Å²) in [6, 6.07) is -5.44. The summed E-state index contributed by atoms with van der Waals surface area (Å²) < 4.78 is 0. The molecule has 7 N–H and O–H groups in total. The standard InChI is InChI=1S/C22H37N5O8/c1-12(2)9-14(21(33)27-8-4-6-17(27)22(34)35)24-18(30)15(11-29)25-19(31)16-5-3-7-26(16)20(32)13(23)10-28/h12-17,28-29H,3-11,23H2,1-2H3,(H,24,30)(H,25,31)(H,34,35)/t13-,14-,15-,16-,17-/m0/s1. The summed E-state index contributed by atoms with van der Waals surface area (Å²) in [6.45, 7) is 2.90. The monoisotopic (exact) mass is 499 g/mol. The van der Waals surface area contributed by atoms with Crippen LogP contribution in [0, 0.1) is 5.92 Å². The molecule has 2 saturated heterocycles. The highest BCUT2D eigenvalue weighted by atomic mass is 16.4. The maximum absolute atomic E-state index is 13.1. The van der Waals surface area contributed by atoms with Crippen molar-refractivity contribution in [1.82, 2.24) is 20.4 Å². The second-order valence-electron chi connectivity index (χ2n) is 9.44. The maximum Gasteiger partial charge on any atom is 0.326 e. The fourth-order valence-corrected chi connectivity index (χ4v) is 4.51.